The quantitative estimate of drug-likeness (QED) is 0.888. The van der Waals surface area contributed by atoms with Crippen LogP contribution in [0.25, 0.3) is 0 Å². The lowest BCUT2D eigenvalue weighted by atomic mass is 10.1. The van der Waals surface area contributed by atoms with E-state index in [0.29, 0.717) is 11.5 Å². The first-order valence-corrected chi connectivity index (χ1v) is 6.60. The van der Waals surface area contributed by atoms with Gasteiger partial charge in [0.1, 0.15) is 5.75 Å². The zero-order valence-corrected chi connectivity index (χ0v) is 11.3. The summed E-state index contributed by atoms with van der Waals surface area (Å²) in [6.07, 6.45) is 2.44. The minimum atomic E-state index is -0.0573. The Morgan fingerprint density at radius 2 is 2.11 bits per heavy atom. The first kappa shape index (κ1) is 12.9. The van der Waals surface area contributed by atoms with E-state index >= 15 is 0 Å². The van der Waals surface area contributed by atoms with Gasteiger partial charge in [-0.25, -0.2) is 0 Å². The maximum absolute atomic E-state index is 12.5. The van der Waals surface area contributed by atoms with E-state index in [2.05, 4.69) is 0 Å². The Kier molecular flexibility index (Phi) is 3.60. The Labute approximate surface area is 108 Å². The molecule has 0 saturated heterocycles. The summed E-state index contributed by atoms with van der Waals surface area (Å²) in [6, 6.07) is 5.50. The molecule has 98 valence electrons. The number of phenols is 1. The summed E-state index contributed by atoms with van der Waals surface area (Å²) in [6.45, 7) is 6.66. The van der Waals surface area contributed by atoms with Gasteiger partial charge >= 0.3 is 0 Å². The fourth-order valence-electron chi connectivity index (χ4n) is 2.09. The van der Waals surface area contributed by atoms with Crippen molar-refractivity contribution in [1.82, 2.24) is 4.90 Å². The van der Waals surface area contributed by atoms with Gasteiger partial charge in [0.2, 0.25) is 0 Å². The number of carbonyl (C=O) groups is 1. The fraction of sp³-hybridized carbons (Fsp3) is 0.533. The molecule has 2 rings (SSSR count). The minimum Gasteiger partial charge on any atom is -0.507 e. The van der Waals surface area contributed by atoms with Gasteiger partial charge in [0, 0.05) is 12.6 Å². The second kappa shape index (κ2) is 5.01. The molecule has 1 saturated carbocycles. The normalized spacial score (nSPS) is 14.9. The lowest BCUT2D eigenvalue weighted by molar-refractivity contribution is 0.0693. The molecule has 1 aliphatic carbocycles. The van der Waals surface area contributed by atoms with Crippen molar-refractivity contribution in [2.24, 2.45) is 5.92 Å². The summed E-state index contributed by atoms with van der Waals surface area (Å²) >= 11 is 0. The molecule has 1 aromatic carbocycles. The molecule has 1 N–H and O–H groups in total. The van der Waals surface area contributed by atoms with Crippen LogP contribution in [0.5, 0.6) is 5.75 Å². The molecule has 0 unspecified atom stereocenters. The maximum atomic E-state index is 12.5. The summed E-state index contributed by atoms with van der Waals surface area (Å²) in [7, 11) is 0. The summed E-state index contributed by atoms with van der Waals surface area (Å²) in [4.78, 5) is 14.4. The van der Waals surface area contributed by atoms with E-state index < -0.39 is 0 Å². The molecular weight excluding hydrogens is 226 g/mol. The van der Waals surface area contributed by atoms with Crippen molar-refractivity contribution in [1.29, 1.82) is 0 Å². The minimum absolute atomic E-state index is 0.0573. The Hall–Kier alpha value is -1.51. The number of benzene rings is 1. The van der Waals surface area contributed by atoms with Crippen molar-refractivity contribution >= 4 is 5.91 Å². The zero-order chi connectivity index (χ0) is 13.3. The van der Waals surface area contributed by atoms with Crippen LogP contribution in [0.15, 0.2) is 18.2 Å². The molecule has 0 atom stereocenters. The standard InChI is InChI=1S/C15H21NO2/c1-10(2)16(9-12-7-8-12)15(18)13-6-4-5-11(3)14(13)17/h4-6,10,12,17H,7-9H2,1-3H3. The number of aryl methyl sites for hydroxylation is 1. The smallest absolute Gasteiger partial charge is 0.257 e. The van der Waals surface area contributed by atoms with Crippen molar-refractivity contribution in [3.05, 3.63) is 29.3 Å². The van der Waals surface area contributed by atoms with Gasteiger partial charge in [-0.05, 0) is 51.2 Å². The van der Waals surface area contributed by atoms with Crippen molar-refractivity contribution < 1.29 is 9.90 Å². The first-order valence-electron chi connectivity index (χ1n) is 6.60. The highest BCUT2D eigenvalue weighted by Gasteiger charge is 2.29. The topological polar surface area (TPSA) is 40.5 Å². The number of hydrogen-bond donors (Lipinski definition) is 1. The molecule has 3 nitrogen and oxygen atoms in total. The number of carbonyl (C=O) groups excluding carboxylic acids is 1. The van der Waals surface area contributed by atoms with Crippen molar-refractivity contribution in [3.63, 3.8) is 0 Å². The maximum Gasteiger partial charge on any atom is 0.257 e. The number of aromatic hydroxyl groups is 1. The number of para-hydroxylation sites is 1. The third kappa shape index (κ3) is 2.66. The van der Waals surface area contributed by atoms with Crippen LogP contribution in [0.3, 0.4) is 0 Å². The van der Waals surface area contributed by atoms with E-state index in [1.165, 1.54) is 12.8 Å². The van der Waals surface area contributed by atoms with Crippen molar-refractivity contribution in [3.8, 4) is 5.75 Å². The molecule has 1 aromatic rings. The third-order valence-electron chi connectivity index (χ3n) is 3.50. The molecule has 0 heterocycles. The molecule has 1 aliphatic rings. The summed E-state index contributed by atoms with van der Waals surface area (Å²) < 4.78 is 0. The van der Waals surface area contributed by atoms with E-state index in [0.717, 1.165) is 12.1 Å². The average molecular weight is 247 g/mol. The molecule has 1 fully saturated rings. The Morgan fingerprint density at radius 1 is 1.44 bits per heavy atom. The Bertz CT molecular complexity index is 450. The van der Waals surface area contributed by atoms with Crippen LogP contribution in [0.2, 0.25) is 0 Å². The van der Waals surface area contributed by atoms with Crippen LogP contribution in [0.4, 0.5) is 0 Å². The second-order valence-corrected chi connectivity index (χ2v) is 5.47. The highest BCUT2D eigenvalue weighted by Crippen LogP contribution is 2.32. The average Bonchev–Trinajstić information content (AvgIpc) is 3.12. The van der Waals surface area contributed by atoms with E-state index in [1.807, 2.05) is 37.8 Å². The van der Waals surface area contributed by atoms with E-state index in [4.69, 9.17) is 0 Å². The number of hydrogen-bond acceptors (Lipinski definition) is 2. The van der Waals surface area contributed by atoms with Gasteiger partial charge in [0.25, 0.3) is 5.91 Å². The lowest BCUT2D eigenvalue weighted by Crippen LogP contribution is -2.38. The summed E-state index contributed by atoms with van der Waals surface area (Å²) in [5.41, 5.74) is 1.17. The van der Waals surface area contributed by atoms with Crippen LogP contribution in [0.1, 0.15) is 42.6 Å². The Morgan fingerprint density at radius 3 is 2.67 bits per heavy atom. The zero-order valence-electron chi connectivity index (χ0n) is 11.3. The predicted molar refractivity (Wildman–Crippen MR) is 71.7 cm³/mol. The molecule has 0 aliphatic heterocycles. The van der Waals surface area contributed by atoms with Crippen molar-refractivity contribution in [2.75, 3.05) is 6.54 Å². The van der Waals surface area contributed by atoms with Gasteiger partial charge < -0.3 is 10.0 Å². The van der Waals surface area contributed by atoms with Crippen LogP contribution in [-0.2, 0) is 0 Å². The highest BCUT2D eigenvalue weighted by molar-refractivity contribution is 5.97. The number of amides is 1. The predicted octanol–water partition coefficient (Wildman–Crippen LogP) is 2.96. The van der Waals surface area contributed by atoms with E-state index in [1.54, 1.807) is 6.07 Å². The molecule has 1 amide bonds. The largest absolute Gasteiger partial charge is 0.507 e. The molecular formula is C15H21NO2. The van der Waals surface area contributed by atoms with Crippen LogP contribution >= 0.6 is 0 Å². The fourth-order valence-corrected chi connectivity index (χ4v) is 2.09. The van der Waals surface area contributed by atoms with Crippen LogP contribution < -0.4 is 0 Å². The summed E-state index contributed by atoms with van der Waals surface area (Å²) in [5.74, 6) is 0.713. The molecule has 0 radical (unpaired) electrons. The van der Waals surface area contributed by atoms with Crippen molar-refractivity contribution in [2.45, 2.75) is 39.7 Å². The number of phenolic OH excluding ortho intramolecular Hbond substituents is 1. The SMILES string of the molecule is Cc1cccc(C(=O)N(CC2CC2)C(C)C)c1O. The summed E-state index contributed by atoms with van der Waals surface area (Å²) in [5, 5.41) is 10.0. The lowest BCUT2D eigenvalue weighted by Gasteiger charge is -2.27. The van der Waals surface area contributed by atoms with Gasteiger partial charge in [-0.15, -0.1) is 0 Å². The number of rotatable bonds is 4. The molecule has 18 heavy (non-hydrogen) atoms. The van der Waals surface area contributed by atoms with Gasteiger partial charge in [-0.1, -0.05) is 12.1 Å². The van der Waals surface area contributed by atoms with Gasteiger partial charge in [0.05, 0.1) is 5.56 Å². The van der Waals surface area contributed by atoms with Crippen LogP contribution in [0, 0.1) is 12.8 Å². The number of nitrogens with zero attached hydrogens (tertiary/aromatic N) is 1. The first-order chi connectivity index (χ1) is 8.50. The molecule has 0 bridgehead atoms. The monoisotopic (exact) mass is 247 g/mol. The molecule has 0 spiro atoms. The van der Waals surface area contributed by atoms with Gasteiger partial charge in [-0.3, -0.25) is 4.79 Å². The second-order valence-electron chi connectivity index (χ2n) is 5.47. The van der Waals surface area contributed by atoms with E-state index in [9.17, 15) is 9.90 Å². The van der Waals surface area contributed by atoms with E-state index in [-0.39, 0.29) is 17.7 Å². The highest BCUT2D eigenvalue weighted by atomic mass is 16.3. The Balaban J connectivity index is 2.23. The van der Waals surface area contributed by atoms with Gasteiger partial charge in [0.15, 0.2) is 0 Å². The molecule has 0 aromatic heterocycles. The van der Waals surface area contributed by atoms with Gasteiger partial charge in [-0.2, -0.15) is 0 Å². The van der Waals surface area contributed by atoms with Crippen LogP contribution in [-0.4, -0.2) is 28.5 Å². The third-order valence-corrected chi connectivity index (χ3v) is 3.50. The molecule has 3 heteroatoms.